The summed E-state index contributed by atoms with van der Waals surface area (Å²) in [7, 11) is 0. The molecule has 1 atom stereocenters. The van der Waals surface area contributed by atoms with E-state index in [1.165, 1.54) is 0 Å². The molecule has 13 heavy (non-hydrogen) atoms. The van der Waals surface area contributed by atoms with E-state index in [4.69, 9.17) is 0 Å². The van der Waals surface area contributed by atoms with Crippen LogP contribution in [0.25, 0.3) is 0 Å². The zero-order valence-corrected chi connectivity index (χ0v) is 8.26. The van der Waals surface area contributed by atoms with Crippen LogP contribution >= 0.6 is 0 Å². The lowest BCUT2D eigenvalue weighted by Crippen LogP contribution is -2.35. The number of hydrogen-bond donors (Lipinski definition) is 1. The van der Waals surface area contributed by atoms with Crippen LogP contribution in [-0.4, -0.2) is 16.5 Å². The van der Waals surface area contributed by atoms with Gasteiger partial charge in [0.05, 0.1) is 0 Å². The summed E-state index contributed by atoms with van der Waals surface area (Å²) in [6, 6.07) is 0. The van der Waals surface area contributed by atoms with E-state index in [0.717, 1.165) is 12.8 Å². The second-order valence-corrected chi connectivity index (χ2v) is 3.53. The van der Waals surface area contributed by atoms with Crippen LogP contribution in [0.2, 0.25) is 0 Å². The first-order valence-electron chi connectivity index (χ1n) is 4.90. The molecule has 0 aromatic carbocycles. The van der Waals surface area contributed by atoms with Crippen molar-refractivity contribution in [2.75, 3.05) is 0 Å². The topological polar surface area (TPSA) is 37.3 Å². The molecule has 1 aliphatic carbocycles. The highest BCUT2D eigenvalue weighted by Crippen LogP contribution is 2.28. The molecule has 0 aromatic heterocycles. The zero-order chi connectivity index (χ0) is 9.90. The lowest BCUT2D eigenvalue weighted by atomic mass is 9.94. The Kier molecular flexibility index (Phi) is 3.11. The molecule has 1 unspecified atom stereocenters. The van der Waals surface area contributed by atoms with Gasteiger partial charge in [0.1, 0.15) is 0 Å². The van der Waals surface area contributed by atoms with Gasteiger partial charge >= 0.3 is 0 Å². The van der Waals surface area contributed by atoms with Crippen LogP contribution in [0.15, 0.2) is 0 Å². The van der Waals surface area contributed by atoms with E-state index in [-0.39, 0.29) is 5.78 Å². The standard InChI is InChI=1S/C11H16O2/c1-3-10(12)11(13,4-2)8-7-9-5-6-9/h9,13H,3-6H2,1-2H3. The summed E-state index contributed by atoms with van der Waals surface area (Å²) >= 11 is 0. The number of aliphatic hydroxyl groups is 1. The van der Waals surface area contributed by atoms with Crippen molar-refractivity contribution in [1.82, 2.24) is 0 Å². The molecule has 0 aliphatic heterocycles. The first-order valence-corrected chi connectivity index (χ1v) is 4.90. The van der Waals surface area contributed by atoms with Crippen molar-refractivity contribution >= 4 is 5.78 Å². The van der Waals surface area contributed by atoms with Crippen LogP contribution in [0, 0.1) is 17.8 Å². The number of carbonyl (C=O) groups excluding carboxylic acids is 1. The van der Waals surface area contributed by atoms with Gasteiger partial charge in [-0.3, -0.25) is 4.79 Å². The average Bonchev–Trinajstić information content (AvgIpc) is 2.96. The van der Waals surface area contributed by atoms with E-state index < -0.39 is 5.60 Å². The van der Waals surface area contributed by atoms with Gasteiger partial charge in [-0.15, -0.1) is 0 Å². The maximum Gasteiger partial charge on any atom is 0.183 e. The molecule has 1 aliphatic rings. The number of rotatable bonds is 3. The Hall–Kier alpha value is -0.810. The summed E-state index contributed by atoms with van der Waals surface area (Å²) in [6.07, 6.45) is 2.98. The number of carbonyl (C=O) groups is 1. The van der Waals surface area contributed by atoms with Crippen LogP contribution in [0.5, 0.6) is 0 Å². The van der Waals surface area contributed by atoms with E-state index in [1.54, 1.807) is 13.8 Å². The van der Waals surface area contributed by atoms with Gasteiger partial charge in [-0.1, -0.05) is 25.7 Å². The molecule has 0 heterocycles. The van der Waals surface area contributed by atoms with Crippen molar-refractivity contribution in [3.63, 3.8) is 0 Å². The van der Waals surface area contributed by atoms with E-state index in [2.05, 4.69) is 11.8 Å². The Morgan fingerprint density at radius 3 is 2.54 bits per heavy atom. The lowest BCUT2D eigenvalue weighted by molar-refractivity contribution is -0.132. The van der Waals surface area contributed by atoms with Crippen molar-refractivity contribution in [2.45, 2.75) is 45.1 Å². The molecule has 1 saturated carbocycles. The third-order valence-corrected chi connectivity index (χ3v) is 2.35. The molecule has 0 saturated heterocycles. The third kappa shape index (κ3) is 2.57. The normalized spacial score (nSPS) is 19.9. The maximum absolute atomic E-state index is 11.3. The molecule has 0 radical (unpaired) electrons. The molecule has 2 heteroatoms. The minimum Gasteiger partial charge on any atom is -0.371 e. The molecule has 1 fully saturated rings. The van der Waals surface area contributed by atoms with Gasteiger partial charge < -0.3 is 5.11 Å². The fourth-order valence-corrected chi connectivity index (χ4v) is 1.10. The second-order valence-electron chi connectivity index (χ2n) is 3.53. The first kappa shape index (κ1) is 10.3. The maximum atomic E-state index is 11.3. The zero-order valence-electron chi connectivity index (χ0n) is 8.26. The van der Waals surface area contributed by atoms with Gasteiger partial charge in [0.15, 0.2) is 11.4 Å². The smallest absolute Gasteiger partial charge is 0.183 e. The van der Waals surface area contributed by atoms with Gasteiger partial charge in [-0.2, -0.15) is 0 Å². The fraction of sp³-hybridized carbons (Fsp3) is 0.727. The Morgan fingerprint density at radius 1 is 1.54 bits per heavy atom. The Labute approximate surface area is 79.3 Å². The predicted molar refractivity (Wildman–Crippen MR) is 51.0 cm³/mol. The third-order valence-electron chi connectivity index (χ3n) is 2.35. The molecule has 0 spiro atoms. The summed E-state index contributed by atoms with van der Waals surface area (Å²) in [4.78, 5) is 11.3. The monoisotopic (exact) mass is 180 g/mol. The molecule has 0 amide bonds. The minimum atomic E-state index is -1.38. The van der Waals surface area contributed by atoms with Gasteiger partial charge in [0, 0.05) is 12.3 Å². The van der Waals surface area contributed by atoms with Crippen molar-refractivity contribution in [1.29, 1.82) is 0 Å². The molecule has 1 N–H and O–H groups in total. The SMILES string of the molecule is CCC(=O)C(O)(C#CC1CC1)CC. The van der Waals surface area contributed by atoms with Gasteiger partial charge in [-0.25, -0.2) is 0 Å². The van der Waals surface area contributed by atoms with Crippen LogP contribution in [0.3, 0.4) is 0 Å². The fourth-order valence-electron chi connectivity index (χ4n) is 1.10. The number of hydrogen-bond acceptors (Lipinski definition) is 2. The second kappa shape index (κ2) is 3.93. The van der Waals surface area contributed by atoms with Crippen LogP contribution < -0.4 is 0 Å². The van der Waals surface area contributed by atoms with E-state index in [1.807, 2.05) is 0 Å². The van der Waals surface area contributed by atoms with E-state index in [0.29, 0.717) is 18.8 Å². The molecular formula is C11H16O2. The van der Waals surface area contributed by atoms with Crippen molar-refractivity contribution in [3.05, 3.63) is 0 Å². The van der Waals surface area contributed by atoms with E-state index >= 15 is 0 Å². The van der Waals surface area contributed by atoms with Crippen molar-refractivity contribution in [2.24, 2.45) is 5.92 Å². The van der Waals surface area contributed by atoms with Crippen LogP contribution in [0.1, 0.15) is 39.5 Å². The van der Waals surface area contributed by atoms with Gasteiger partial charge in [0.2, 0.25) is 0 Å². The predicted octanol–water partition coefficient (Wildman–Crippen LogP) is 1.52. The first-order chi connectivity index (χ1) is 6.12. The quantitative estimate of drug-likeness (QED) is 0.669. The Bertz CT molecular complexity index is 255. The highest BCUT2D eigenvalue weighted by atomic mass is 16.3. The lowest BCUT2D eigenvalue weighted by Gasteiger charge is -2.17. The highest BCUT2D eigenvalue weighted by Gasteiger charge is 2.30. The molecule has 0 aromatic rings. The minimum absolute atomic E-state index is 0.164. The van der Waals surface area contributed by atoms with Crippen molar-refractivity contribution in [3.8, 4) is 11.8 Å². The Morgan fingerprint density at radius 2 is 2.15 bits per heavy atom. The summed E-state index contributed by atoms with van der Waals surface area (Å²) in [6.45, 7) is 3.54. The van der Waals surface area contributed by atoms with Crippen molar-refractivity contribution < 1.29 is 9.90 Å². The number of ketones is 1. The molecular weight excluding hydrogens is 164 g/mol. The van der Waals surface area contributed by atoms with E-state index in [9.17, 15) is 9.90 Å². The number of Topliss-reactive ketones (excluding diaryl/α,β-unsaturated/α-hetero) is 1. The molecule has 1 rings (SSSR count). The summed E-state index contributed by atoms with van der Waals surface area (Å²) in [5.41, 5.74) is -1.38. The van der Waals surface area contributed by atoms with Crippen LogP contribution in [-0.2, 0) is 4.79 Å². The van der Waals surface area contributed by atoms with Gasteiger partial charge in [0.25, 0.3) is 0 Å². The van der Waals surface area contributed by atoms with Gasteiger partial charge in [-0.05, 0) is 19.3 Å². The summed E-state index contributed by atoms with van der Waals surface area (Å²) in [5.74, 6) is 5.93. The largest absolute Gasteiger partial charge is 0.371 e. The summed E-state index contributed by atoms with van der Waals surface area (Å²) in [5, 5.41) is 9.84. The molecule has 0 bridgehead atoms. The average molecular weight is 180 g/mol. The highest BCUT2D eigenvalue weighted by molar-refractivity contribution is 5.90. The Balaban J connectivity index is 2.68. The molecule has 2 nitrogen and oxygen atoms in total. The van der Waals surface area contributed by atoms with Crippen LogP contribution in [0.4, 0.5) is 0 Å². The summed E-state index contributed by atoms with van der Waals surface area (Å²) < 4.78 is 0. The molecule has 72 valence electrons.